The Balaban J connectivity index is 2.40. The van der Waals surface area contributed by atoms with Gasteiger partial charge in [0.15, 0.2) is 17.3 Å². The quantitative estimate of drug-likeness (QED) is 0.497. The molecular formula is C15H8Cl2O6. The van der Waals surface area contributed by atoms with Gasteiger partial charge in [0.1, 0.15) is 16.7 Å². The van der Waals surface area contributed by atoms with Gasteiger partial charge in [0, 0.05) is 16.7 Å². The molecule has 0 aliphatic rings. The Hall–Kier alpha value is -2.57. The highest BCUT2D eigenvalue weighted by atomic mass is 35.5. The van der Waals surface area contributed by atoms with Gasteiger partial charge in [-0.15, -0.1) is 0 Å². The summed E-state index contributed by atoms with van der Waals surface area (Å²) in [6, 6.07) is 4.70. The van der Waals surface area contributed by atoms with Gasteiger partial charge in [0.2, 0.25) is 11.2 Å². The Labute approximate surface area is 138 Å². The minimum absolute atomic E-state index is 0.0567. The molecule has 0 unspecified atom stereocenters. The molecule has 0 spiro atoms. The van der Waals surface area contributed by atoms with E-state index in [4.69, 9.17) is 27.6 Å². The third-order valence-corrected chi connectivity index (χ3v) is 3.73. The summed E-state index contributed by atoms with van der Waals surface area (Å²) in [5, 5.41) is 38.6. The minimum atomic E-state index is -0.876. The molecule has 118 valence electrons. The summed E-state index contributed by atoms with van der Waals surface area (Å²) in [5.74, 6) is -2.60. The smallest absolute Gasteiger partial charge is 0.238 e. The highest BCUT2D eigenvalue weighted by Gasteiger charge is 2.20. The summed E-state index contributed by atoms with van der Waals surface area (Å²) in [6.45, 7) is 0. The van der Waals surface area contributed by atoms with E-state index in [2.05, 4.69) is 0 Å². The number of fused-ring (bicyclic) bond motifs is 1. The van der Waals surface area contributed by atoms with Crippen molar-refractivity contribution in [1.82, 2.24) is 0 Å². The second kappa shape index (κ2) is 5.26. The van der Waals surface area contributed by atoms with Crippen molar-refractivity contribution in [2.75, 3.05) is 0 Å². The van der Waals surface area contributed by atoms with Crippen LogP contribution in [0.5, 0.6) is 23.0 Å². The fourth-order valence-electron chi connectivity index (χ4n) is 2.17. The molecule has 3 rings (SSSR count). The van der Waals surface area contributed by atoms with Gasteiger partial charge in [-0.2, -0.15) is 0 Å². The Morgan fingerprint density at radius 2 is 1.57 bits per heavy atom. The van der Waals surface area contributed by atoms with Gasteiger partial charge in [-0.1, -0.05) is 23.2 Å². The molecule has 1 heterocycles. The van der Waals surface area contributed by atoms with Gasteiger partial charge in [-0.3, -0.25) is 4.79 Å². The van der Waals surface area contributed by atoms with E-state index >= 15 is 0 Å². The lowest BCUT2D eigenvalue weighted by Gasteiger charge is -2.09. The molecular weight excluding hydrogens is 347 g/mol. The van der Waals surface area contributed by atoms with Crippen LogP contribution >= 0.6 is 23.2 Å². The number of phenols is 3. The summed E-state index contributed by atoms with van der Waals surface area (Å²) in [7, 11) is 0. The van der Waals surface area contributed by atoms with Crippen LogP contribution in [-0.4, -0.2) is 20.4 Å². The second-order valence-corrected chi connectivity index (χ2v) is 5.58. The number of benzene rings is 2. The molecule has 0 atom stereocenters. The predicted molar refractivity (Wildman–Crippen MR) is 84.6 cm³/mol. The molecule has 8 heteroatoms. The van der Waals surface area contributed by atoms with Gasteiger partial charge in [-0.25, -0.2) is 0 Å². The van der Waals surface area contributed by atoms with Crippen molar-refractivity contribution in [1.29, 1.82) is 0 Å². The average Bonchev–Trinajstić information content (AvgIpc) is 2.47. The maximum Gasteiger partial charge on any atom is 0.238 e. The number of rotatable bonds is 1. The molecule has 3 aromatic rings. The maximum atomic E-state index is 12.2. The Morgan fingerprint density at radius 3 is 2.22 bits per heavy atom. The van der Waals surface area contributed by atoms with Crippen LogP contribution < -0.4 is 5.43 Å². The van der Waals surface area contributed by atoms with E-state index in [0.717, 1.165) is 12.1 Å². The SMILES string of the molecule is O=c1c(O)c(-c2cc(O)c(O)c(Cl)c2)oc2cc(Cl)cc(O)c12. The molecule has 0 radical (unpaired) electrons. The van der Waals surface area contributed by atoms with Crippen LogP contribution in [0.1, 0.15) is 0 Å². The van der Waals surface area contributed by atoms with Crippen LogP contribution in [0.4, 0.5) is 0 Å². The molecule has 0 saturated heterocycles. The highest BCUT2D eigenvalue weighted by molar-refractivity contribution is 6.32. The molecule has 0 aliphatic carbocycles. The Morgan fingerprint density at radius 1 is 0.870 bits per heavy atom. The zero-order valence-electron chi connectivity index (χ0n) is 11.2. The molecule has 6 nitrogen and oxygen atoms in total. The van der Waals surface area contributed by atoms with E-state index in [-0.39, 0.29) is 32.3 Å². The van der Waals surface area contributed by atoms with Gasteiger partial charge >= 0.3 is 0 Å². The van der Waals surface area contributed by atoms with E-state index in [1.165, 1.54) is 12.1 Å². The third kappa shape index (κ3) is 2.42. The van der Waals surface area contributed by atoms with Crippen LogP contribution in [0.2, 0.25) is 10.0 Å². The van der Waals surface area contributed by atoms with E-state index in [9.17, 15) is 25.2 Å². The first-order chi connectivity index (χ1) is 10.8. The molecule has 23 heavy (non-hydrogen) atoms. The normalized spacial score (nSPS) is 11.0. The van der Waals surface area contributed by atoms with E-state index < -0.39 is 28.4 Å². The number of hydrogen-bond donors (Lipinski definition) is 4. The molecule has 1 aromatic heterocycles. The predicted octanol–water partition coefficient (Wildman–Crippen LogP) is 3.59. The van der Waals surface area contributed by atoms with Crippen molar-refractivity contribution < 1.29 is 24.8 Å². The van der Waals surface area contributed by atoms with Crippen molar-refractivity contribution in [3.63, 3.8) is 0 Å². The summed E-state index contributed by atoms with van der Waals surface area (Å²) >= 11 is 11.6. The lowest BCUT2D eigenvalue weighted by Crippen LogP contribution is -2.03. The molecule has 2 aromatic carbocycles. The van der Waals surface area contributed by atoms with Crippen molar-refractivity contribution in [2.45, 2.75) is 0 Å². The first-order valence-corrected chi connectivity index (χ1v) is 6.95. The lowest BCUT2D eigenvalue weighted by atomic mass is 10.1. The number of aromatic hydroxyl groups is 4. The second-order valence-electron chi connectivity index (χ2n) is 4.73. The third-order valence-electron chi connectivity index (χ3n) is 3.22. The molecule has 0 fully saturated rings. The zero-order chi connectivity index (χ0) is 16.9. The number of halogens is 2. The standard InChI is InChI=1S/C15H8Cl2O6/c16-6-3-8(18)11-10(4-6)23-15(14(22)13(11)21)5-1-7(17)12(20)9(19)2-5/h1-4,18-20,22H. The summed E-state index contributed by atoms with van der Waals surface area (Å²) in [5.41, 5.74) is -0.878. The van der Waals surface area contributed by atoms with E-state index in [0.29, 0.717) is 0 Å². The maximum absolute atomic E-state index is 12.2. The minimum Gasteiger partial charge on any atom is -0.507 e. The fourth-order valence-corrected chi connectivity index (χ4v) is 2.58. The first kappa shape index (κ1) is 15.3. The van der Waals surface area contributed by atoms with Gasteiger partial charge in [-0.05, 0) is 18.2 Å². The van der Waals surface area contributed by atoms with Crippen molar-refractivity contribution in [3.8, 4) is 34.3 Å². The van der Waals surface area contributed by atoms with Crippen LogP contribution in [0, 0.1) is 0 Å². The first-order valence-electron chi connectivity index (χ1n) is 6.19. The van der Waals surface area contributed by atoms with E-state index in [1.54, 1.807) is 0 Å². The van der Waals surface area contributed by atoms with Crippen molar-refractivity contribution in [2.24, 2.45) is 0 Å². The monoisotopic (exact) mass is 354 g/mol. The largest absolute Gasteiger partial charge is 0.507 e. The molecule has 0 aliphatic heterocycles. The van der Waals surface area contributed by atoms with Crippen molar-refractivity contribution in [3.05, 3.63) is 44.5 Å². The summed E-state index contributed by atoms with van der Waals surface area (Å²) < 4.78 is 5.43. The van der Waals surface area contributed by atoms with Gasteiger partial charge < -0.3 is 24.8 Å². The highest BCUT2D eigenvalue weighted by Crippen LogP contribution is 2.41. The molecule has 4 N–H and O–H groups in total. The van der Waals surface area contributed by atoms with Crippen LogP contribution in [0.15, 0.2) is 33.5 Å². The summed E-state index contributed by atoms with van der Waals surface area (Å²) in [4.78, 5) is 12.2. The lowest BCUT2D eigenvalue weighted by molar-refractivity contribution is 0.403. The van der Waals surface area contributed by atoms with Crippen molar-refractivity contribution >= 4 is 34.2 Å². The van der Waals surface area contributed by atoms with E-state index in [1.807, 2.05) is 0 Å². The summed E-state index contributed by atoms with van der Waals surface area (Å²) in [6.07, 6.45) is 0. The Kier molecular flexibility index (Phi) is 3.50. The topological polar surface area (TPSA) is 111 Å². The molecule has 0 bridgehead atoms. The average molecular weight is 355 g/mol. The Bertz CT molecular complexity index is 986. The van der Waals surface area contributed by atoms with Gasteiger partial charge in [0.05, 0.1) is 5.02 Å². The number of hydrogen-bond acceptors (Lipinski definition) is 6. The number of phenolic OH excluding ortho intramolecular Hbond substituents is 3. The zero-order valence-corrected chi connectivity index (χ0v) is 12.7. The van der Waals surface area contributed by atoms with Crippen LogP contribution in [-0.2, 0) is 0 Å². The molecule has 0 saturated carbocycles. The van der Waals surface area contributed by atoms with Gasteiger partial charge in [0.25, 0.3) is 0 Å². The molecule has 0 amide bonds. The van der Waals surface area contributed by atoms with Crippen LogP contribution in [0.3, 0.4) is 0 Å². The fraction of sp³-hybridized carbons (Fsp3) is 0. The van der Waals surface area contributed by atoms with Crippen LogP contribution in [0.25, 0.3) is 22.3 Å².